The fourth-order valence-electron chi connectivity index (χ4n) is 3.14. The summed E-state index contributed by atoms with van der Waals surface area (Å²) >= 11 is 0. The van der Waals surface area contributed by atoms with Gasteiger partial charge in [-0.05, 0) is 55.3 Å². The van der Waals surface area contributed by atoms with E-state index in [1.807, 2.05) is 13.8 Å². The molecule has 28 heavy (non-hydrogen) atoms. The number of aromatic carboxylic acids is 1. The molecule has 1 N–H and O–H groups in total. The molecule has 1 aliphatic heterocycles. The number of hydrogen-bond donors (Lipinski definition) is 1. The summed E-state index contributed by atoms with van der Waals surface area (Å²) in [5.74, 6) is 0.367. The molecular formula is C22H22O6. The van der Waals surface area contributed by atoms with Crippen molar-refractivity contribution in [3.05, 3.63) is 58.3 Å². The van der Waals surface area contributed by atoms with Crippen LogP contribution in [0.4, 0.5) is 0 Å². The average Bonchev–Trinajstić information content (AvgIpc) is 2.99. The monoisotopic (exact) mass is 382 g/mol. The number of carbonyl (C=O) groups excluding carboxylic acids is 1. The SMILES string of the molecule is CCCc1cc(C(=O)O)cc2c1OC(=Cc1cc(OC)ccc1OCC)C2=O. The number of carboxylic acid groups (broad SMARTS) is 1. The maximum atomic E-state index is 12.9. The highest BCUT2D eigenvalue weighted by Crippen LogP contribution is 2.38. The highest BCUT2D eigenvalue weighted by Gasteiger charge is 2.31. The molecule has 0 radical (unpaired) electrons. The van der Waals surface area contributed by atoms with E-state index < -0.39 is 5.97 Å². The highest BCUT2D eigenvalue weighted by molar-refractivity contribution is 6.15. The summed E-state index contributed by atoms with van der Waals surface area (Å²) in [6.07, 6.45) is 3.02. The van der Waals surface area contributed by atoms with E-state index in [-0.39, 0.29) is 22.7 Å². The van der Waals surface area contributed by atoms with Gasteiger partial charge in [-0.25, -0.2) is 4.79 Å². The molecule has 1 heterocycles. The summed E-state index contributed by atoms with van der Waals surface area (Å²) in [5.41, 5.74) is 1.71. The number of methoxy groups -OCH3 is 1. The Kier molecular flexibility index (Phi) is 5.68. The third-order valence-corrected chi connectivity index (χ3v) is 4.42. The first kappa shape index (κ1) is 19.5. The Labute approximate surface area is 163 Å². The van der Waals surface area contributed by atoms with Gasteiger partial charge < -0.3 is 19.3 Å². The average molecular weight is 382 g/mol. The minimum absolute atomic E-state index is 0.0804. The molecule has 2 aromatic carbocycles. The predicted molar refractivity (Wildman–Crippen MR) is 104 cm³/mol. The van der Waals surface area contributed by atoms with Crippen molar-refractivity contribution in [3.63, 3.8) is 0 Å². The van der Waals surface area contributed by atoms with E-state index >= 15 is 0 Å². The normalized spacial score (nSPS) is 14.0. The van der Waals surface area contributed by atoms with E-state index in [0.717, 1.165) is 6.42 Å². The van der Waals surface area contributed by atoms with Crippen LogP contribution < -0.4 is 14.2 Å². The lowest BCUT2D eigenvalue weighted by molar-refractivity contribution is 0.0696. The van der Waals surface area contributed by atoms with Crippen molar-refractivity contribution in [2.45, 2.75) is 26.7 Å². The molecule has 0 spiro atoms. The molecule has 0 atom stereocenters. The minimum Gasteiger partial charge on any atom is -0.497 e. The number of carbonyl (C=O) groups is 2. The molecule has 0 amide bonds. The van der Waals surface area contributed by atoms with Gasteiger partial charge in [-0.15, -0.1) is 0 Å². The standard InChI is InChI=1S/C22H22O6/c1-4-6-13-9-15(22(24)25)11-17-20(23)19(28-21(13)17)12-14-10-16(26-3)7-8-18(14)27-5-2/h7-12H,4-6H2,1-3H3,(H,24,25). The van der Waals surface area contributed by atoms with Crippen molar-refractivity contribution in [3.8, 4) is 17.2 Å². The maximum absolute atomic E-state index is 12.9. The summed E-state index contributed by atoms with van der Waals surface area (Å²) in [7, 11) is 1.56. The van der Waals surface area contributed by atoms with Crippen LogP contribution in [0.3, 0.4) is 0 Å². The Hall–Kier alpha value is -3.28. The van der Waals surface area contributed by atoms with Gasteiger partial charge in [0.1, 0.15) is 17.2 Å². The number of ketones is 1. The third kappa shape index (κ3) is 3.71. The Morgan fingerprint density at radius 1 is 1.21 bits per heavy atom. The fourth-order valence-corrected chi connectivity index (χ4v) is 3.14. The second-order valence-corrected chi connectivity index (χ2v) is 6.34. The van der Waals surface area contributed by atoms with Crippen LogP contribution in [0.5, 0.6) is 17.2 Å². The summed E-state index contributed by atoms with van der Waals surface area (Å²) in [4.78, 5) is 24.3. The van der Waals surface area contributed by atoms with Crippen molar-refractivity contribution >= 4 is 17.8 Å². The summed E-state index contributed by atoms with van der Waals surface area (Å²) in [5, 5.41) is 9.35. The Balaban J connectivity index is 2.07. The number of rotatable bonds is 7. The number of aryl methyl sites for hydroxylation is 1. The van der Waals surface area contributed by atoms with Gasteiger partial charge in [-0.2, -0.15) is 0 Å². The molecule has 1 aliphatic rings. The molecule has 0 aromatic heterocycles. The quantitative estimate of drug-likeness (QED) is 0.717. The Morgan fingerprint density at radius 3 is 2.64 bits per heavy atom. The molecule has 6 nitrogen and oxygen atoms in total. The van der Waals surface area contributed by atoms with Gasteiger partial charge in [0.2, 0.25) is 5.78 Å². The van der Waals surface area contributed by atoms with E-state index in [0.29, 0.717) is 41.4 Å². The number of hydrogen-bond acceptors (Lipinski definition) is 5. The molecule has 0 saturated carbocycles. The van der Waals surface area contributed by atoms with Crippen molar-refractivity contribution in [2.75, 3.05) is 13.7 Å². The summed E-state index contributed by atoms with van der Waals surface area (Å²) in [6, 6.07) is 8.24. The second kappa shape index (κ2) is 8.17. The van der Waals surface area contributed by atoms with Gasteiger partial charge in [0.15, 0.2) is 5.76 Å². The van der Waals surface area contributed by atoms with Crippen LogP contribution in [0.1, 0.15) is 52.1 Å². The molecule has 0 saturated heterocycles. The number of allylic oxidation sites excluding steroid dienone is 1. The first-order valence-electron chi connectivity index (χ1n) is 9.13. The lowest BCUT2D eigenvalue weighted by Crippen LogP contribution is -2.02. The molecule has 0 bridgehead atoms. The van der Waals surface area contributed by atoms with Gasteiger partial charge in [-0.1, -0.05) is 13.3 Å². The van der Waals surface area contributed by atoms with Gasteiger partial charge in [0.25, 0.3) is 0 Å². The van der Waals surface area contributed by atoms with Crippen molar-refractivity contribution in [1.29, 1.82) is 0 Å². The van der Waals surface area contributed by atoms with Gasteiger partial charge in [-0.3, -0.25) is 4.79 Å². The maximum Gasteiger partial charge on any atom is 0.335 e. The smallest absolute Gasteiger partial charge is 0.335 e. The second-order valence-electron chi connectivity index (χ2n) is 6.34. The molecule has 0 unspecified atom stereocenters. The molecule has 2 aromatic rings. The molecule has 0 aliphatic carbocycles. The van der Waals surface area contributed by atoms with E-state index in [2.05, 4.69) is 0 Å². The van der Waals surface area contributed by atoms with Crippen molar-refractivity contribution in [1.82, 2.24) is 0 Å². The Morgan fingerprint density at radius 2 is 2.00 bits per heavy atom. The molecule has 6 heteroatoms. The summed E-state index contributed by atoms with van der Waals surface area (Å²) < 4.78 is 16.8. The fraction of sp³-hybridized carbons (Fsp3) is 0.273. The van der Waals surface area contributed by atoms with Crippen LogP contribution >= 0.6 is 0 Å². The number of fused-ring (bicyclic) bond motifs is 1. The lowest BCUT2D eigenvalue weighted by atomic mass is 9.99. The van der Waals surface area contributed by atoms with E-state index in [1.165, 1.54) is 6.07 Å². The minimum atomic E-state index is -1.07. The van der Waals surface area contributed by atoms with Crippen LogP contribution in [0.2, 0.25) is 0 Å². The first-order valence-corrected chi connectivity index (χ1v) is 9.13. The lowest BCUT2D eigenvalue weighted by Gasteiger charge is -2.10. The van der Waals surface area contributed by atoms with Gasteiger partial charge >= 0.3 is 5.97 Å². The zero-order valence-electron chi connectivity index (χ0n) is 16.1. The van der Waals surface area contributed by atoms with Crippen LogP contribution in [0.25, 0.3) is 6.08 Å². The molecule has 3 rings (SSSR count). The predicted octanol–water partition coefficient (Wildman–Crippen LogP) is 4.36. The van der Waals surface area contributed by atoms with Gasteiger partial charge in [0, 0.05) is 5.56 Å². The zero-order chi connectivity index (χ0) is 20.3. The zero-order valence-corrected chi connectivity index (χ0v) is 16.1. The molecule has 146 valence electrons. The molecule has 0 fully saturated rings. The van der Waals surface area contributed by atoms with E-state index in [1.54, 1.807) is 37.5 Å². The topological polar surface area (TPSA) is 82.1 Å². The van der Waals surface area contributed by atoms with Gasteiger partial charge in [0.05, 0.1) is 24.8 Å². The number of benzene rings is 2. The highest BCUT2D eigenvalue weighted by atomic mass is 16.5. The largest absolute Gasteiger partial charge is 0.497 e. The van der Waals surface area contributed by atoms with Crippen LogP contribution in [-0.4, -0.2) is 30.6 Å². The first-order chi connectivity index (χ1) is 13.5. The Bertz CT molecular complexity index is 958. The summed E-state index contributed by atoms with van der Waals surface area (Å²) in [6.45, 7) is 4.33. The van der Waals surface area contributed by atoms with Crippen LogP contribution in [0.15, 0.2) is 36.1 Å². The number of Topliss-reactive ketones (excluding diaryl/α,β-unsaturated/α-hetero) is 1. The van der Waals surface area contributed by atoms with Crippen molar-refractivity contribution < 1.29 is 28.9 Å². The third-order valence-electron chi connectivity index (χ3n) is 4.42. The number of carboxylic acids is 1. The van der Waals surface area contributed by atoms with Crippen LogP contribution in [-0.2, 0) is 6.42 Å². The van der Waals surface area contributed by atoms with Crippen molar-refractivity contribution in [2.24, 2.45) is 0 Å². The number of ether oxygens (including phenoxy) is 3. The molecular weight excluding hydrogens is 360 g/mol. The van der Waals surface area contributed by atoms with E-state index in [9.17, 15) is 14.7 Å². The van der Waals surface area contributed by atoms with E-state index in [4.69, 9.17) is 14.2 Å². The van der Waals surface area contributed by atoms with Crippen LogP contribution in [0, 0.1) is 0 Å².